The van der Waals surface area contributed by atoms with Gasteiger partial charge in [0.2, 0.25) is 0 Å². The van der Waals surface area contributed by atoms with E-state index >= 15 is 0 Å². The molecule has 2 aromatic heterocycles. The van der Waals surface area contributed by atoms with Crippen LogP contribution >= 0.6 is 0 Å². The van der Waals surface area contributed by atoms with Gasteiger partial charge in [-0.25, -0.2) is 5.43 Å². The predicted octanol–water partition coefficient (Wildman–Crippen LogP) is 1.23. The molecular weight excluding hydrogens is 289 g/mol. The fourth-order valence-electron chi connectivity index (χ4n) is 1.55. The molecule has 7 nitrogen and oxygen atoms in total. The lowest BCUT2D eigenvalue weighted by Crippen LogP contribution is -2.18. The summed E-state index contributed by atoms with van der Waals surface area (Å²) in [6.07, 6.45) is -1.56. The third kappa shape index (κ3) is 3.46. The maximum absolute atomic E-state index is 12.3. The maximum atomic E-state index is 12.3. The molecule has 0 aliphatic carbocycles. The molecule has 0 aliphatic rings. The molecular formula is C11H11F3N6O. The second kappa shape index (κ2) is 5.38. The van der Waals surface area contributed by atoms with E-state index in [1.807, 2.05) is 0 Å². The third-order valence-electron chi connectivity index (χ3n) is 2.54. The third-order valence-corrected chi connectivity index (χ3v) is 2.54. The number of H-pyrrole nitrogens is 1. The van der Waals surface area contributed by atoms with Crippen LogP contribution in [0.15, 0.2) is 17.4 Å². The number of alkyl halides is 3. The van der Waals surface area contributed by atoms with Gasteiger partial charge in [-0.3, -0.25) is 14.6 Å². The highest BCUT2D eigenvalue weighted by Gasteiger charge is 2.33. The number of aromatic amines is 1. The largest absolute Gasteiger partial charge is 0.432 e. The number of rotatable bonds is 3. The molecule has 0 saturated carbocycles. The molecule has 2 N–H and O–H groups in total. The van der Waals surface area contributed by atoms with Gasteiger partial charge in [-0.2, -0.15) is 28.5 Å². The second-order valence-corrected chi connectivity index (χ2v) is 4.21. The fraction of sp³-hybridized carbons (Fsp3) is 0.273. The summed E-state index contributed by atoms with van der Waals surface area (Å²) in [5, 5.41) is 12.7. The second-order valence-electron chi connectivity index (χ2n) is 4.21. The molecule has 0 aliphatic heterocycles. The summed E-state index contributed by atoms with van der Waals surface area (Å²) in [4.78, 5) is 11.6. The quantitative estimate of drug-likeness (QED) is 0.660. The summed E-state index contributed by atoms with van der Waals surface area (Å²) >= 11 is 0. The Kier molecular flexibility index (Phi) is 3.78. The monoisotopic (exact) mass is 300 g/mol. The molecule has 112 valence electrons. The Balaban J connectivity index is 2.02. The summed E-state index contributed by atoms with van der Waals surface area (Å²) in [6, 6.07) is 0.611. The Labute approximate surface area is 116 Å². The summed E-state index contributed by atoms with van der Waals surface area (Å²) in [6.45, 7) is 1.76. The summed E-state index contributed by atoms with van der Waals surface area (Å²) in [7, 11) is 1.73. The lowest BCUT2D eigenvalue weighted by molar-refractivity contribution is -0.141. The number of carbonyl (C=O) groups is 1. The minimum atomic E-state index is -4.58. The van der Waals surface area contributed by atoms with Gasteiger partial charge in [-0.1, -0.05) is 0 Å². The highest BCUT2D eigenvalue weighted by molar-refractivity contribution is 5.93. The Morgan fingerprint density at radius 3 is 2.76 bits per heavy atom. The zero-order valence-electron chi connectivity index (χ0n) is 11.1. The van der Waals surface area contributed by atoms with Gasteiger partial charge in [-0.05, 0) is 6.92 Å². The lowest BCUT2D eigenvalue weighted by Gasteiger charge is -1.99. The van der Waals surface area contributed by atoms with E-state index in [2.05, 4.69) is 20.7 Å². The number of halogens is 3. The van der Waals surface area contributed by atoms with E-state index in [0.717, 1.165) is 0 Å². The van der Waals surface area contributed by atoms with Crippen LogP contribution in [0.4, 0.5) is 13.2 Å². The molecule has 0 saturated heterocycles. The van der Waals surface area contributed by atoms with Gasteiger partial charge in [0.25, 0.3) is 5.91 Å². The first-order chi connectivity index (χ1) is 9.77. The Morgan fingerprint density at radius 2 is 2.24 bits per heavy atom. The van der Waals surface area contributed by atoms with Crippen molar-refractivity contribution in [3.8, 4) is 0 Å². The molecule has 10 heteroatoms. The molecule has 0 bridgehead atoms. The molecule has 0 atom stereocenters. The van der Waals surface area contributed by atoms with Crippen LogP contribution in [0, 0.1) is 6.92 Å². The van der Waals surface area contributed by atoms with Crippen molar-refractivity contribution in [2.75, 3.05) is 0 Å². The highest BCUT2D eigenvalue weighted by atomic mass is 19.4. The smallest absolute Gasteiger partial charge is 0.275 e. The van der Waals surface area contributed by atoms with Crippen molar-refractivity contribution in [3.63, 3.8) is 0 Å². The van der Waals surface area contributed by atoms with E-state index in [9.17, 15) is 18.0 Å². The highest BCUT2D eigenvalue weighted by Crippen LogP contribution is 2.27. The van der Waals surface area contributed by atoms with Crippen molar-refractivity contribution in [1.82, 2.24) is 25.4 Å². The minimum Gasteiger partial charge on any atom is -0.275 e. The van der Waals surface area contributed by atoms with Crippen LogP contribution in [0.3, 0.4) is 0 Å². The van der Waals surface area contributed by atoms with E-state index in [4.69, 9.17) is 0 Å². The van der Waals surface area contributed by atoms with Gasteiger partial charge in [-0.15, -0.1) is 0 Å². The van der Waals surface area contributed by atoms with Crippen molar-refractivity contribution in [3.05, 3.63) is 34.9 Å². The fourth-order valence-corrected chi connectivity index (χ4v) is 1.55. The number of hydrogen-bond acceptors (Lipinski definition) is 4. The SMILES string of the molecule is Cc1nn(C)cc1/C=N\NC(=O)c1cc(C(F)(F)F)[nH]n1. The Bertz CT molecular complexity index is 684. The number of amides is 1. The molecule has 0 aromatic carbocycles. The van der Waals surface area contributed by atoms with E-state index in [1.165, 1.54) is 6.21 Å². The normalized spacial score (nSPS) is 12.0. The van der Waals surface area contributed by atoms with Crippen molar-refractivity contribution < 1.29 is 18.0 Å². The summed E-state index contributed by atoms with van der Waals surface area (Å²) in [5.74, 6) is -0.848. The number of carbonyl (C=O) groups excluding carboxylic acids is 1. The Morgan fingerprint density at radius 1 is 1.52 bits per heavy atom. The molecule has 0 fully saturated rings. The van der Waals surface area contributed by atoms with Crippen molar-refractivity contribution >= 4 is 12.1 Å². The number of hydrazone groups is 1. The standard InChI is InChI=1S/C11H11F3N6O/c1-6-7(5-20(2)19-6)4-15-18-10(21)8-3-9(17-16-8)11(12,13)14/h3-5H,1-2H3,(H,16,17)(H,18,21)/b15-4-. The van der Waals surface area contributed by atoms with Crippen LogP contribution in [0.5, 0.6) is 0 Å². The first-order valence-corrected chi connectivity index (χ1v) is 5.73. The van der Waals surface area contributed by atoms with Crippen molar-refractivity contribution in [2.45, 2.75) is 13.1 Å². The maximum Gasteiger partial charge on any atom is 0.432 e. The van der Waals surface area contributed by atoms with Crippen molar-refractivity contribution in [1.29, 1.82) is 0 Å². The van der Waals surface area contributed by atoms with E-state index in [0.29, 0.717) is 17.3 Å². The van der Waals surface area contributed by atoms with Gasteiger partial charge in [0.15, 0.2) is 5.69 Å². The average Bonchev–Trinajstić information content (AvgIpc) is 2.96. The van der Waals surface area contributed by atoms with E-state index < -0.39 is 23.5 Å². The number of aromatic nitrogens is 4. The first-order valence-electron chi connectivity index (χ1n) is 5.73. The van der Waals surface area contributed by atoms with Crippen LogP contribution in [-0.4, -0.2) is 32.1 Å². The molecule has 2 aromatic rings. The number of nitrogens with zero attached hydrogens (tertiary/aromatic N) is 4. The molecule has 0 spiro atoms. The van der Waals surface area contributed by atoms with Gasteiger partial charge >= 0.3 is 6.18 Å². The molecule has 2 heterocycles. The molecule has 2 rings (SSSR count). The van der Waals surface area contributed by atoms with E-state index in [-0.39, 0.29) is 0 Å². The van der Waals surface area contributed by atoms with Gasteiger partial charge in [0.05, 0.1) is 11.9 Å². The van der Waals surface area contributed by atoms with Gasteiger partial charge < -0.3 is 0 Å². The summed E-state index contributed by atoms with van der Waals surface area (Å²) < 4.78 is 38.6. The Hall–Kier alpha value is -2.65. The predicted molar refractivity (Wildman–Crippen MR) is 66.6 cm³/mol. The molecule has 21 heavy (non-hydrogen) atoms. The molecule has 0 radical (unpaired) electrons. The van der Waals surface area contributed by atoms with Gasteiger partial charge in [0.1, 0.15) is 5.69 Å². The number of nitrogens with one attached hydrogen (secondary N) is 2. The van der Waals surface area contributed by atoms with Crippen molar-refractivity contribution in [2.24, 2.45) is 12.1 Å². The first kappa shape index (κ1) is 14.8. The van der Waals surface area contributed by atoms with E-state index in [1.54, 1.807) is 29.9 Å². The lowest BCUT2D eigenvalue weighted by atomic mass is 10.3. The zero-order valence-corrected chi connectivity index (χ0v) is 11.1. The van der Waals surface area contributed by atoms with Crippen LogP contribution < -0.4 is 5.43 Å². The van der Waals surface area contributed by atoms with Crippen LogP contribution in [0.25, 0.3) is 0 Å². The van der Waals surface area contributed by atoms with Gasteiger partial charge in [0, 0.05) is 24.9 Å². The molecule has 0 unspecified atom stereocenters. The minimum absolute atomic E-state index is 0.401. The summed E-state index contributed by atoms with van der Waals surface area (Å²) in [5.41, 5.74) is 1.97. The average molecular weight is 300 g/mol. The molecule has 1 amide bonds. The van der Waals surface area contributed by atoms with Crippen LogP contribution in [-0.2, 0) is 13.2 Å². The van der Waals surface area contributed by atoms with Crippen LogP contribution in [0.1, 0.15) is 27.4 Å². The van der Waals surface area contributed by atoms with Crippen LogP contribution in [0.2, 0.25) is 0 Å². The number of hydrogen-bond donors (Lipinski definition) is 2. The number of aryl methyl sites for hydroxylation is 2. The zero-order chi connectivity index (χ0) is 15.6. The topological polar surface area (TPSA) is 88.0 Å².